The van der Waals surface area contributed by atoms with E-state index in [1.54, 1.807) is 0 Å². The molecule has 8 heteroatoms. The van der Waals surface area contributed by atoms with Gasteiger partial charge in [-0.3, -0.25) is 4.72 Å². The first-order valence-corrected chi connectivity index (χ1v) is 8.04. The van der Waals surface area contributed by atoms with Crippen molar-refractivity contribution in [3.05, 3.63) is 27.4 Å². The zero-order chi connectivity index (χ0) is 13.8. The van der Waals surface area contributed by atoms with Crippen LogP contribution in [0.2, 0.25) is 5.02 Å². The molecule has 0 fully saturated rings. The van der Waals surface area contributed by atoms with Gasteiger partial charge < -0.3 is 5.32 Å². The maximum Gasteiger partial charge on any atom is 0.234 e. The molecule has 0 saturated heterocycles. The van der Waals surface area contributed by atoms with E-state index in [2.05, 4.69) is 26.0 Å². The van der Waals surface area contributed by atoms with Gasteiger partial charge in [-0.05, 0) is 34.6 Å². The third-order valence-electron chi connectivity index (χ3n) is 2.06. The maximum atomic E-state index is 13.0. The first kappa shape index (κ1) is 15.7. The molecule has 0 aromatic heterocycles. The quantitative estimate of drug-likeness (QED) is 0.768. The second-order valence-corrected chi connectivity index (χ2v) is 6.62. The minimum Gasteiger partial charge on any atom is -0.316 e. The minimum atomic E-state index is -3.51. The summed E-state index contributed by atoms with van der Waals surface area (Å²) in [5.74, 6) is -0.622. The molecule has 0 unspecified atom stereocenters. The second-order valence-electron chi connectivity index (χ2n) is 3.52. The molecule has 2 N–H and O–H groups in total. The average molecular weight is 360 g/mol. The van der Waals surface area contributed by atoms with Crippen LogP contribution < -0.4 is 10.0 Å². The summed E-state index contributed by atoms with van der Waals surface area (Å²) in [4.78, 5) is 0. The number of anilines is 1. The molecule has 0 heterocycles. The average Bonchev–Trinajstić information content (AvgIpc) is 2.23. The first-order valence-electron chi connectivity index (χ1n) is 5.21. The third kappa shape index (κ3) is 4.72. The Morgan fingerprint density at radius 2 is 2.11 bits per heavy atom. The molecular formula is C10H13BrClFN2O2S. The van der Waals surface area contributed by atoms with Crippen molar-refractivity contribution in [3.8, 4) is 0 Å². The largest absolute Gasteiger partial charge is 0.316 e. The lowest BCUT2D eigenvalue weighted by molar-refractivity contribution is 0.597. The summed E-state index contributed by atoms with van der Waals surface area (Å²) in [6, 6.07) is 2.20. The number of nitrogens with one attached hydrogen (secondary N) is 2. The Bertz CT molecular complexity index is 502. The van der Waals surface area contributed by atoms with Crippen molar-refractivity contribution in [1.29, 1.82) is 0 Å². The summed E-state index contributed by atoms with van der Waals surface area (Å²) < 4.78 is 39.1. The molecule has 18 heavy (non-hydrogen) atoms. The molecule has 102 valence electrons. The van der Waals surface area contributed by atoms with Crippen LogP contribution in [0.15, 0.2) is 16.6 Å². The lowest BCUT2D eigenvalue weighted by Crippen LogP contribution is -2.26. The Hall–Kier alpha value is -0.370. The monoisotopic (exact) mass is 358 g/mol. The van der Waals surface area contributed by atoms with Crippen molar-refractivity contribution in [2.24, 2.45) is 0 Å². The summed E-state index contributed by atoms with van der Waals surface area (Å²) in [5, 5.41) is 2.91. The number of hydrogen-bond acceptors (Lipinski definition) is 3. The molecule has 0 amide bonds. The van der Waals surface area contributed by atoms with Crippen LogP contribution in [0, 0.1) is 5.82 Å². The molecule has 0 saturated carbocycles. The molecule has 0 spiro atoms. The summed E-state index contributed by atoms with van der Waals surface area (Å²) >= 11 is 8.86. The minimum absolute atomic E-state index is 0.00824. The Morgan fingerprint density at radius 3 is 2.67 bits per heavy atom. The molecule has 1 aromatic carbocycles. The fourth-order valence-electron chi connectivity index (χ4n) is 1.23. The van der Waals surface area contributed by atoms with Crippen molar-refractivity contribution >= 4 is 43.2 Å². The first-order chi connectivity index (χ1) is 8.35. The predicted molar refractivity (Wildman–Crippen MR) is 75.1 cm³/mol. The van der Waals surface area contributed by atoms with Crippen molar-refractivity contribution < 1.29 is 12.8 Å². The van der Waals surface area contributed by atoms with Crippen LogP contribution in [-0.4, -0.2) is 27.3 Å². The molecule has 1 aromatic rings. The topological polar surface area (TPSA) is 58.2 Å². The lowest BCUT2D eigenvalue weighted by Gasteiger charge is -2.11. The van der Waals surface area contributed by atoms with Crippen LogP contribution in [0.25, 0.3) is 0 Å². The molecular weight excluding hydrogens is 347 g/mol. The summed E-state index contributed by atoms with van der Waals surface area (Å²) in [5.41, 5.74) is 0.148. The van der Waals surface area contributed by atoms with E-state index in [0.717, 1.165) is 12.1 Å². The number of sulfonamides is 1. The van der Waals surface area contributed by atoms with E-state index in [1.807, 2.05) is 6.92 Å². The van der Waals surface area contributed by atoms with E-state index in [4.69, 9.17) is 11.6 Å². The number of benzene rings is 1. The van der Waals surface area contributed by atoms with E-state index in [0.29, 0.717) is 13.1 Å². The van der Waals surface area contributed by atoms with Gasteiger partial charge in [0.05, 0.1) is 16.5 Å². The number of halogens is 3. The van der Waals surface area contributed by atoms with Crippen LogP contribution in [0.1, 0.15) is 6.92 Å². The van der Waals surface area contributed by atoms with E-state index in [-0.39, 0.29) is 20.9 Å². The highest BCUT2D eigenvalue weighted by Gasteiger charge is 2.15. The van der Waals surface area contributed by atoms with Crippen molar-refractivity contribution in [3.63, 3.8) is 0 Å². The van der Waals surface area contributed by atoms with Gasteiger partial charge in [0.1, 0.15) is 5.82 Å². The van der Waals surface area contributed by atoms with Crippen LogP contribution in [-0.2, 0) is 10.0 Å². The SMILES string of the molecule is CCNCCS(=O)(=O)Nc1c(Cl)cc(F)cc1Br. The molecule has 1 rings (SSSR count). The van der Waals surface area contributed by atoms with Gasteiger partial charge in [0, 0.05) is 11.0 Å². The van der Waals surface area contributed by atoms with Gasteiger partial charge in [-0.25, -0.2) is 12.8 Å². The fraction of sp³-hybridized carbons (Fsp3) is 0.400. The molecule has 4 nitrogen and oxygen atoms in total. The van der Waals surface area contributed by atoms with E-state index in [9.17, 15) is 12.8 Å². The Kier molecular flexibility index (Phi) is 5.84. The fourth-order valence-corrected chi connectivity index (χ4v) is 3.36. The van der Waals surface area contributed by atoms with E-state index >= 15 is 0 Å². The molecule has 0 aliphatic carbocycles. The summed E-state index contributed by atoms with van der Waals surface area (Å²) in [7, 11) is -3.51. The van der Waals surface area contributed by atoms with E-state index in [1.165, 1.54) is 0 Å². The van der Waals surface area contributed by atoms with Crippen LogP contribution in [0.3, 0.4) is 0 Å². The summed E-state index contributed by atoms with van der Waals surface area (Å²) in [6.45, 7) is 2.91. The lowest BCUT2D eigenvalue weighted by atomic mass is 10.3. The Balaban J connectivity index is 2.84. The van der Waals surface area contributed by atoms with Crippen LogP contribution in [0.5, 0.6) is 0 Å². The van der Waals surface area contributed by atoms with Gasteiger partial charge in [-0.15, -0.1) is 0 Å². The van der Waals surface area contributed by atoms with E-state index < -0.39 is 15.8 Å². The zero-order valence-corrected chi connectivity index (χ0v) is 12.8. The predicted octanol–water partition coefficient (Wildman–Crippen LogP) is 2.59. The molecule has 0 bridgehead atoms. The van der Waals surface area contributed by atoms with Crippen LogP contribution in [0.4, 0.5) is 10.1 Å². The highest BCUT2D eigenvalue weighted by atomic mass is 79.9. The normalized spacial score (nSPS) is 11.6. The number of hydrogen-bond donors (Lipinski definition) is 2. The van der Waals surface area contributed by atoms with Gasteiger partial charge in [0.25, 0.3) is 0 Å². The third-order valence-corrected chi connectivity index (χ3v) is 4.24. The maximum absolute atomic E-state index is 13.0. The Morgan fingerprint density at radius 1 is 1.44 bits per heavy atom. The molecule has 0 radical (unpaired) electrons. The standard InChI is InChI=1S/C10H13BrClFN2O2S/c1-2-14-3-4-18(16,17)15-10-8(11)5-7(13)6-9(10)12/h5-6,14-15H,2-4H2,1H3. The smallest absolute Gasteiger partial charge is 0.234 e. The van der Waals surface area contributed by atoms with Gasteiger partial charge in [0.15, 0.2) is 0 Å². The van der Waals surface area contributed by atoms with Crippen LogP contribution >= 0.6 is 27.5 Å². The van der Waals surface area contributed by atoms with Gasteiger partial charge >= 0.3 is 0 Å². The van der Waals surface area contributed by atoms with Crippen molar-refractivity contribution in [1.82, 2.24) is 5.32 Å². The highest BCUT2D eigenvalue weighted by Crippen LogP contribution is 2.32. The molecule has 0 aliphatic rings. The highest BCUT2D eigenvalue weighted by molar-refractivity contribution is 9.10. The van der Waals surface area contributed by atoms with Gasteiger partial charge in [0.2, 0.25) is 10.0 Å². The van der Waals surface area contributed by atoms with Crippen molar-refractivity contribution in [2.45, 2.75) is 6.92 Å². The summed E-state index contributed by atoms with van der Waals surface area (Å²) in [6.07, 6.45) is 0. The van der Waals surface area contributed by atoms with Gasteiger partial charge in [-0.1, -0.05) is 18.5 Å². The van der Waals surface area contributed by atoms with Gasteiger partial charge in [-0.2, -0.15) is 0 Å². The molecule has 0 atom stereocenters. The van der Waals surface area contributed by atoms with Crippen molar-refractivity contribution in [2.75, 3.05) is 23.6 Å². The molecule has 0 aliphatic heterocycles. The zero-order valence-electron chi connectivity index (χ0n) is 9.63. The number of rotatable bonds is 6. The second kappa shape index (κ2) is 6.70. The Labute approximate surface area is 119 Å².